The van der Waals surface area contributed by atoms with Gasteiger partial charge < -0.3 is 9.88 Å². The van der Waals surface area contributed by atoms with Crippen molar-refractivity contribution in [2.24, 2.45) is 0 Å². The van der Waals surface area contributed by atoms with Crippen molar-refractivity contribution < 1.29 is 4.79 Å². The van der Waals surface area contributed by atoms with Crippen molar-refractivity contribution in [1.29, 1.82) is 0 Å². The number of benzene rings is 1. The number of aryl methyl sites for hydroxylation is 2. The molecular weight excluding hydrogens is 439 g/mol. The van der Waals surface area contributed by atoms with Gasteiger partial charge in [0.2, 0.25) is 0 Å². The Balaban J connectivity index is 2.06. The van der Waals surface area contributed by atoms with Gasteiger partial charge in [0.25, 0.3) is 5.91 Å². The summed E-state index contributed by atoms with van der Waals surface area (Å²) in [5.41, 5.74) is 5.69. The van der Waals surface area contributed by atoms with Crippen LogP contribution in [0.3, 0.4) is 0 Å². The second-order valence-corrected chi connectivity index (χ2v) is 8.33. The Morgan fingerprint density at radius 2 is 2.00 bits per heavy atom. The molecule has 0 radical (unpaired) electrons. The molecule has 1 aromatic heterocycles. The zero-order valence-corrected chi connectivity index (χ0v) is 16.7. The normalized spacial score (nSPS) is 16.3. The second-order valence-electron chi connectivity index (χ2n) is 5.45. The zero-order valence-electron chi connectivity index (χ0n) is 12.9. The summed E-state index contributed by atoms with van der Waals surface area (Å²) >= 11 is 8.70. The number of hydrogen-bond acceptors (Lipinski definition) is 3. The Morgan fingerprint density at radius 1 is 1.26 bits per heavy atom. The van der Waals surface area contributed by atoms with Crippen LogP contribution in [0.1, 0.15) is 22.5 Å². The summed E-state index contributed by atoms with van der Waals surface area (Å²) in [7, 11) is 0. The van der Waals surface area contributed by atoms with Gasteiger partial charge >= 0.3 is 0 Å². The Morgan fingerprint density at radius 3 is 2.61 bits per heavy atom. The maximum atomic E-state index is 11.8. The maximum Gasteiger partial charge on any atom is 0.263 e. The summed E-state index contributed by atoms with van der Waals surface area (Å²) in [6.45, 7) is 6.26. The molecule has 0 spiro atoms. The lowest BCUT2D eigenvalue weighted by molar-refractivity contribution is -0.115. The molecule has 1 aliphatic heterocycles. The van der Waals surface area contributed by atoms with Crippen LogP contribution >= 0.6 is 46.6 Å². The molecule has 0 unspecified atom stereocenters. The molecule has 1 aromatic carbocycles. The van der Waals surface area contributed by atoms with Crippen molar-refractivity contribution >= 4 is 62.9 Å². The van der Waals surface area contributed by atoms with Gasteiger partial charge in [-0.25, -0.2) is 0 Å². The first-order valence-corrected chi connectivity index (χ1v) is 9.37. The molecule has 1 N–H and O–H groups in total. The van der Waals surface area contributed by atoms with E-state index in [1.807, 2.05) is 6.08 Å². The molecule has 118 valence electrons. The number of nitrogens with zero attached hydrogens (tertiary/aromatic N) is 1. The molecule has 3 nitrogen and oxygen atoms in total. The predicted octanol–water partition coefficient (Wildman–Crippen LogP) is 4.50. The molecule has 3 rings (SSSR count). The lowest BCUT2D eigenvalue weighted by atomic mass is 10.2. The SMILES string of the molecule is Cc1cc(-n2c(C)cc(/C=C3/SC(=S)NC3=O)c2C)ccc1I. The molecule has 1 aliphatic rings. The van der Waals surface area contributed by atoms with Crippen molar-refractivity contribution in [3.63, 3.8) is 0 Å². The molecule has 0 atom stereocenters. The average molecular weight is 454 g/mol. The number of aromatic nitrogens is 1. The Hall–Kier alpha value is -1.12. The molecule has 2 heterocycles. The molecule has 0 bridgehead atoms. The van der Waals surface area contributed by atoms with Crippen molar-refractivity contribution in [1.82, 2.24) is 9.88 Å². The number of halogens is 1. The van der Waals surface area contributed by atoms with E-state index in [4.69, 9.17) is 12.2 Å². The molecule has 0 saturated carbocycles. The number of rotatable bonds is 2. The number of thiocarbonyl (C=S) groups is 1. The molecule has 1 fully saturated rings. The van der Waals surface area contributed by atoms with Crippen molar-refractivity contribution in [3.8, 4) is 5.69 Å². The smallest absolute Gasteiger partial charge is 0.263 e. The molecule has 23 heavy (non-hydrogen) atoms. The third kappa shape index (κ3) is 3.25. The third-order valence-corrected chi connectivity index (χ3v) is 6.17. The predicted molar refractivity (Wildman–Crippen MR) is 109 cm³/mol. The Kier molecular flexibility index (Phi) is 4.66. The van der Waals surface area contributed by atoms with Crippen molar-refractivity contribution in [3.05, 3.63) is 55.3 Å². The highest BCUT2D eigenvalue weighted by Crippen LogP contribution is 2.29. The van der Waals surface area contributed by atoms with Crippen LogP contribution in [0, 0.1) is 24.3 Å². The van der Waals surface area contributed by atoms with E-state index in [2.05, 4.69) is 77.5 Å². The summed E-state index contributed by atoms with van der Waals surface area (Å²) in [6.07, 6.45) is 1.91. The molecule has 2 aromatic rings. The maximum absolute atomic E-state index is 11.8. The fourth-order valence-electron chi connectivity index (χ4n) is 2.66. The van der Waals surface area contributed by atoms with Crippen LogP contribution < -0.4 is 5.32 Å². The van der Waals surface area contributed by atoms with E-state index >= 15 is 0 Å². The Labute approximate surface area is 158 Å². The number of nitrogens with one attached hydrogen (secondary N) is 1. The summed E-state index contributed by atoms with van der Waals surface area (Å²) in [5, 5.41) is 2.65. The quantitative estimate of drug-likeness (QED) is 0.413. The zero-order chi connectivity index (χ0) is 16.7. The highest BCUT2D eigenvalue weighted by Gasteiger charge is 2.23. The largest absolute Gasteiger partial charge is 0.318 e. The van der Waals surface area contributed by atoms with Crippen LogP contribution in [0.5, 0.6) is 0 Å². The third-order valence-electron chi connectivity index (χ3n) is 3.80. The van der Waals surface area contributed by atoms with E-state index in [0.29, 0.717) is 9.23 Å². The highest BCUT2D eigenvalue weighted by molar-refractivity contribution is 14.1. The molecule has 0 aliphatic carbocycles. The van der Waals surface area contributed by atoms with Gasteiger partial charge in [0.15, 0.2) is 0 Å². The number of thioether (sulfide) groups is 1. The van der Waals surface area contributed by atoms with Crippen LogP contribution in [-0.2, 0) is 4.79 Å². The lowest BCUT2D eigenvalue weighted by Crippen LogP contribution is -2.17. The Bertz CT molecular complexity index is 868. The first-order chi connectivity index (χ1) is 10.9. The van der Waals surface area contributed by atoms with E-state index in [9.17, 15) is 4.79 Å². The van der Waals surface area contributed by atoms with Gasteiger partial charge in [0.1, 0.15) is 4.32 Å². The monoisotopic (exact) mass is 454 g/mol. The number of carbonyl (C=O) groups excluding carboxylic acids is 1. The standard InChI is InChI=1S/C17H15IN2OS2/c1-9-6-13(4-5-14(9)18)20-10(2)7-12(11(20)3)8-15-16(21)19-17(22)23-15/h4-8H,1-3H3,(H,19,21,22)/b15-8+. The summed E-state index contributed by atoms with van der Waals surface area (Å²) in [5.74, 6) is -0.116. The van der Waals surface area contributed by atoms with Crippen LogP contribution in [0.15, 0.2) is 29.2 Å². The van der Waals surface area contributed by atoms with Gasteiger partial charge in [-0.05, 0) is 84.8 Å². The summed E-state index contributed by atoms with van der Waals surface area (Å²) < 4.78 is 3.98. The average Bonchev–Trinajstić information content (AvgIpc) is 2.93. The minimum atomic E-state index is -0.116. The first-order valence-electron chi connectivity index (χ1n) is 7.07. The summed E-state index contributed by atoms with van der Waals surface area (Å²) in [6, 6.07) is 8.54. The van der Waals surface area contributed by atoms with Gasteiger partial charge in [-0.2, -0.15) is 0 Å². The molecular formula is C17H15IN2OS2. The van der Waals surface area contributed by atoms with E-state index in [-0.39, 0.29) is 5.91 Å². The fraction of sp³-hybridized carbons (Fsp3) is 0.176. The topological polar surface area (TPSA) is 34.0 Å². The van der Waals surface area contributed by atoms with Crippen LogP contribution in [-0.4, -0.2) is 14.8 Å². The van der Waals surface area contributed by atoms with Crippen molar-refractivity contribution in [2.45, 2.75) is 20.8 Å². The minimum Gasteiger partial charge on any atom is -0.318 e. The van der Waals surface area contributed by atoms with Gasteiger partial charge in [0.05, 0.1) is 4.91 Å². The number of carbonyl (C=O) groups is 1. The second kappa shape index (κ2) is 6.41. The number of amides is 1. The molecule has 1 amide bonds. The van der Waals surface area contributed by atoms with Crippen LogP contribution in [0.25, 0.3) is 11.8 Å². The van der Waals surface area contributed by atoms with Gasteiger partial charge in [-0.1, -0.05) is 24.0 Å². The molecule has 1 saturated heterocycles. The van der Waals surface area contributed by atoms with Gasteiger partial charge in [0, 0.05) is 20.6 Å². The van der Waals surface area contributed by atoms with E-state index in [1.54, 1.807) is 0 Å². The van der Waals surface area contributed by atoms with E-state index in [0.717, 1.165) is 22.6 Å². The first kappa shape index (κ1) is 16.7. The van der Waals surface area contributed by atoms with Crippen molar-refractivity contribution in [2.75, 3.05) is 0 Å². The minimum absolute atomic E-state index is 0.116. The van der Waals surface area contributed by atoms with E-state index in [1.165, 1.54) is 20.9 Å². The lowest BCUT2D eigenvalue weighted by Gasteiger charge is -2.11. The van der Waals surface area contributed by atoms with Crippen LogP contribution in [0.4, 0.5) is 0 Å². The van der Waals surface area contributed by atoms with Gasteiger partial charge in [-0.15, -0.1) is 0 Å². The number of hydrogen-bond donors (Lipinski definition) is 1. The highest BCUT2D eigenvalue weighted by atomic mass is 127. The fourth-order valence-corrected chi connectivity index (χ4v) is 4.03. The van der Waals surface area contributed by atoms with Gasteiger partial charge in [-0.3, -0.25) is 4.79 Å². The van der Waals surface area contributed by atoms with Crippen LogP contribution in [0.2, 0.25) is 0 Å². The van der Waals surface area contributed by atoms with E-state index < -0.39 is 0 Å². The molecule has 6 heteroatoms. The summed E-state index contributed by atoms with van der Waals surface area (Å²) in [4.78, 5) is 12.5.